The van der Waals surface area contributed by atoms with E-state index in [9.17, 15) is 4.79 Å². The van der Waals surface area contributed by atoms with Crippen LogP contribution >= 0.6 is 0 Å². The highest BCUT2D eigenvalue weighted by atomic mass is 16.5. The first kappa shape index (κ1) is 14.9. The molecule has 2 N–H and O–H groups in total. The van der Waals surface area contributed by atoms with Crippen molar-refractivity contribution in [2.24, 2.45) is 0 Å². The molecule has 0 aliphatic carbocycles. The number of carbonyl (C=O) groups excluding carboxylic acids is 1. The maximum Gasteiger partial charge on any atom is 0.257 e. The predicted molar refractivity (Wildman–Crippen MR) is 81.4 cm³/mol. The average molecular weight is 286 g/mol. The van der Waals surface area contributed by atoms with Crippen LogP contribution < -0.4 is 10.6 Å². The van der Waals surface area contributed by atoms with Gasteiger partial charge in [0.15, 0.2) is 0 Å². The topological polar surface area (TPSA) is 76.1 Å². The lowest BCUT2D eigenvalue weighted by Gasteiger charge is -2.07. The normalized spacial score (nSPS) is 10.1. The van der Waals surface area contributed by atoms with Crippen LogP contribution in [0.25, 0.3) is 0 Å². The van der Waals surface area contributed by atoms with E-state index in [1.807, 2.05) is 6.07 Å². The molecule has 0 unspecified atom stereocenters. The van der Waals surface area contributed by atoms with Crippen LogP contribution in [-0.2, 0) is 4.74 Å². The van der Waals surface area contributed by atoms with Gasteiger partial charge in [-0.1, -0.05) is 0 Å². The minimum Gasteiger partial charge on any atom is -0.385 e. The largest absolute Gasteiger partial charge is 0.385 e. The van der Waals surface area contributed by atoms with Crippen LogP contribution in [0.1, 0.15) is 16.8 Å². The lowest BCUT2D eigenvalue weighted by Crippen LogP contribution is -2.12. The second-order valence-corrected chi connectivity index (χ2v) is 4.40. The van der Waals surface area contributed by atoms with Crippen LogP contribution in [0.15, 0.2) is 42.9 Å². The van der Waals surface area contributed by atoms with Crippen molar-refractivity contribution in [1.29, 1.82) is 0 Å². The third-order valence-electron chi connectivity index (χ3n) is 2.78. The lowest BCUT2D eigenvalue weighted by atomic mass is 10.2. The summed E-state index contributed by atoms with van der Waals surface area (Å²) in [7, 11) is 1.68. The van der Waals surface area contributed by atoms with Crippen molar-refractivity contribution < 1.29 is 9.53 Å². The summed E-state index contributed by atoms with van der Waals surface area (Å²) in [5, 5.41) is 5.95. The van der Waals surface area contributed by atoms with Gasteiger partial charge in [0.1, 0.15) is 5.82 Å². The fourth-order valence-corrected chi connectivity index (χ4v) is 1.71. The minimum atomic E-state index is -0.203. The van der Waals surface area contributed by atoms with Crippen LogP contribution in [0.3, 0.4) is 0 Å². The molecule has 6 heteroatoms. The van der Waals surface area contributed by atoms with E-state index >= 15 is 0 Å². The van der Waals surface area contributed by atoms with Crippen molar-refractivity contribution >= 4 is 17.4 Å². The van der Waals surface area contributed by atoms with Gasteiger partial charge in [0.2, 0.25) is 0 Å². The highest BCUT2D eigenvalue weighted by molar-refractivity contribution is 6.03. The van der Waals surface area contributed by atoms with Crippen LogP contribution in [0.4, 0.5) is 11.5 Å². The third-order valence-corrected chi connectivity index (χ3v) is 2.78. The summed E-state index contributed by atoms with van der Waals surface area (Å²) in [6.07, 6.45) is 5.68. The first-order valence-corrected chi connectivity index (χ1v) is 6.70. The molecule has 2 rings (SSSR count). The van der Waals surface area contributed by atoms with Gasteiger partial charge in [-0.2, -0.15) is 0 Å². The number of methoxy groups -OCH3 is 1. The van der Waals surface area contributed by atoms with Gasteiger partial charge in [-0.15, -0.1) is 0 Å². The number of hydrogen-bond donors (Lipinski definition) is 2. The van der Waals surface area contributed by atoms with Gasteiger partial charge in [0, 0.05) is 32.7 Å². The molecular weight excluding hydrogens is 268 g/mol. The van der Waals surface area contributed by atoms with E-state index in [0.717, 1.165) is 18.8 Å². The molecule has 0 saturated heterocycles. The van der Waals surface area contributed by atoms with Gasteiger partial charge in [-0.05, 0) is 30.7 Å². The zero-order valence-corrected chi connectivity index (χ0v) is 11.9. The third kappa shape index (κ3) is 4.85. The summed E-state index contributed by atoms with van der Waals surface area (Å²) in [5.41, 5.74) is 1.16. The molecule has 110 valence electrons. The van der Waals surface area contributed by atoms with Crippen molar-refractivity contribution in [3.63, 3.8) is 0 Å². The van der Waals surface area contributed by atoms with E-state index < -0.39 is 0 Å². The zero-order valence-electron chi connectivity index (χ0n) is 11.9. The standard InChI is InChI=1S/C15H18N4O2/c1-21-9-3-8-17-14-6-5-13(11-18-14)19-15(20)12-4-2-7-16-10-12/h2,4-7,10-11H,3,8-9H2,1H3,(H,17,18)(H,19,20). The Balaban J connectivity index is 1.86. The van der Waals surface area contributed by atoms with Gasteiger partial charge < -0.3 is 15.4 Å². The first-order valence-electron chi connectivity index (χ1n) is 6.70. The van der Waals surface area contributed by atoms with E-state index in [1.165, 1.54) is 6.20 Å². The molecule has 2 heterocycles. The SMILES string of the molecule is COCCCNc1ccc(NC(=O)c2cccnc2)cn1. The van der Waals surface area contributed by atoms with Gasteiger partial charge in [0.25, 0.3) is 5.91 Å². The molecular formula is C15H18N4O2. The molecule has 2 aromatic heterocycles. The number of amides is 1. The Morgan fingerprint density at radius 2 is 2.19 bits per heavy atom. The molecule has 0 aliphatic heterocycles. The lowest BCUT2D eigenvalue weighted by molar-refractivity contribution is 0.102. The van der Waals surface area contributed by atoms with Crippen LogP contribution in [0.2, 0.25) is 0 Å². The van der Waals surface area contributed by atoms with Crippen LogP contribution in [0, 0.1) is 0 Å². The maximum absolute atomic E-state index is 11.9. The number of pyridine rings is 2. The number of carbonyl (C=O) groups is 1. The summed E-state index contributed by atoms with van der Waals surface area (Å²) >= 11 is 0. The number of hydrogen-bond acceptors (Lipinski definition) is 5. The number of rotatable bonds is 7. The Bertz CT molecular complexity index is 558. The molecule has 2 aromatic rings. The molecule has 0 spiro atoms. The molecule has 0 aromatic carbocycles. The van der Waals surface area contributed by atoms with Gasteiger partial charge in [-0.25, -0.2) is 4.98 Å². The highest BCUT2D eigenvalue weighted by Crippen LogP contribution is 2.11. The number of anilines is 2. The van der Waals surface area contributed by atoms with E-state index in [1.54, 1.807) is 37.7 Å². The summed E-state index contributed by atoms with van der Waals surface area (Å²) in [6.45, 7) is 1.51. The second kappa shape index (κ2) is 7.96. The minimum absolute atomic E-state index is 0.203. The molecule has 0 aliphatic rings. The fraction of sp³-hybridized carbons (Fsp3) is 0.267. The number of ether oxygens (including phenoxy) is 1. The molecule has 6 nitrogen and oxygen atoms in total. The Morgan fingerprint density at radius 3 is 2.86 bits per heavy atom. The molecule has 0 radical (unpaired) electrons. The van der Waals surface area contributed by atoms with Crippen molar-refractivity contribution in [3.8, 4) is 0 Å². The zero-order chi connectivity index (χ0) is 14.9. The van der Waals surface area contributed by atoms with Crippen molar-refractivity contribution in [1.82, 2.24) is 9.97 Å². The van der Waals surface area contributed by atoms with Crippen molar-refractivity contribution in [2.75, 3.05) is 30.9 Å². The Morgan fingerprint density at radius 1 is 1.29 bits per heavy atom. The fourth-order valence-electron chi connectivity index (χ4n) is 1.71. The average Bonchev–Trinajstić information content (AvgIpc) is 2.54. The predicted octanol–water partition coefficient (Wildman–Crippen LogP) is 2.18. The van der Waals surface area contributed by atoms with Crippen molar-refractivity contribution in [3.05, 3.63) is 48.4 Å². The Hall–Kier alpha value is -2.47. The number of nitrogens with zero attached hydrogens (tertiary/aromatic N) is 2. The molecule has 0 atom stereocenters. The summed E-state index contributed by atoms with van der Waals surface area (Å²) in [4.78, 5) is 20.1. The second-order valence-electron chi connectivity index (χ2n) is 4.40. The number of nitrogens with one attached hydrogen (secondary N) is 2. The number of aromatic nitrogens is 2. The molecule has 0 saturated carbocycles. The van der Waals surface area contributed by atoms with Gasteiger partial charge in [0.05, 0.1) is 17.4 Å². The molecule has 1 amide bonds. The monoisotopic (exact) mass is 286 g/mol. The van der Waals surface area contributed by atoms with Crippen LogP contribution in [-0.4, -0.2) is 36.1 Å². The van der Waals surface area contributed by atoms with Gasteiger partial charge in [-0.3, -0.25) is 9.78 Å². The summed E-state index contributed by atoms with van der Waals surface area (Å²) in [5.74, 6) is 0.566. The maximum atomic E-state index is 11.9. The molecule has 0 fully saturated rings. The van der Waals surface area contributed by atoms with Crippen molar-refractivity contribution in [2.45, 2.75) is 6.42 Å². The Labute approximate surface area is 123 Å². The quantitative estimate of drug-likeness (QED) is 0.763. The smallest absolute Gasteiger partial charge is 0.257 e. The van der Waals surface area contributed by atoms with E-state index in [-0.39, 0.29) is 5.91 Å². The van der Waals surface area contributed by atoms with Crippen LogP contribution in [0.5, 0.6) is 0 Å². The van der Waals surface area contributed by atoms with Gasteiger partial charge >= 0.3 is 0 Å². The molecule has 0 bridgehead atoms. The summed E-state index contributed by atoms with van der Waals surface area (Å²) in [6, 6.07) is 7.06. The van der Waals surface area contributed by atoms with E-state index in [0.29, 0.717) is 17.9 Å². The Kier molecular flexibility index (Phi) is 5.66. The first-order chi connectivity index (χ1) is 10.3. The van der Waals surface area contributed by atoms with E-state index in [2.05, 4.69) is 20.6 Å². The summed E-state index contributed by atoms with van der Waals surface area (Å²) < 4.78 is 4.97. The molecule has 21 heavy (non-hydrogen) atoms. The van der Waals surface area contributed by atoms with E-state index in [4.69, 9.17) is 4.74 Å². The highest BCUT2D eigenvalue weighted by Gasteiger charge is 2.05.